The molecular formula is C12H16Cl2N4. The number of nitrogens with one attached hydrogen (secondary N) is 1. The molecule has 4 nitrogen and oxygen atoms in total. The van der Waals surface area contributed by atoms with Gasteiger partial charge in [-0.15, -0.1) is 0 Å². The minimum atomic E-state index is 0.250. The van der Waals surface area contributed by atoms with Crippen LogP contribution in [-0.2, 0) is 0 Å². The van der Waals surface area contributed by atoms with Crippen molar-refractivity contribution in [2.24, 2.45) is 10.8 Å². The quantitative estimate of drug-likeness (QED) is 0.804. The van der Waals surface area contributed by atoms with Crippen molar-refractivity contribution < 1.29 is 0 Å². The van der Waals surface area contributed by atoms with E-state index in [1.165, 1.54) is 0 Å². The maximum atomic E-state index is 6.18. The van der Waals surface area contributed by atoms with Crippen LogP contribution in [-0.4, -0.2) is 36.1 Å². The predicted octanol–water partition coefficient (Wildman–Crippen LogP) is 2.22. The van der Waals surface area contributed by atoms with Crippen LogP contribution < -0.4 is 10.2 Å². The summed E-state index contributed by atoms with van der Waals surface area (Å²) in [5, 5.41) is 4.30. The highest BCUT2D eigenvalue weighted by atomic mass is 35.5. The molecule has 3 heterocycles. The summed E-state index contributed by atoms with van der Waals surface area (Å²) in [6.45, 7) is 8.62. The Kier molecular flexibility index (Phi) is 2.74. The number of hydrogen-bond donors (Lipinski definition) is 1. The van der Waals surface area contributed by atoms with Crippen molar-refractivity contribution in [2.75, 3.05) is 31.1 Å². The van der Waals surface area contributed by atoms with Crippen LogP contribution in [0.15, 0.2) is 6.20 Å². The molecule has 0 amide bonds. The van der Waals surface area contributed by atoms with E-state index >= 15 is 0 Å². The van der Waals surface area contributed by atoms with Gasteiger partial charge in [-0.05, 0) is 11.6 Å². The Hall–Kier alpha value is -0.580. The summed E-state index contributed by atoms with van der Waals surface area (Å²) in [6, 6.07) is 0. The Balaban J connectivity index is 1.95. The summed E-state index contributed by atoms with van der Waals surface area (Å²) in [6.07, 6.45) is 1.57. The van der Waals surface area contributed by atoms with E-state index in [-0.39, 0.29) is 16.1 Å². The van der Waals surface area contributed by atoms with Gasteiger partial charge in [-0.3, -0.25) is 0 Å². The van der Waals surface area contributed by atoms with Gasteiger partial charge in [0.25, 0.3) is 0 Å². The molecule has 3 rings (SSSR count). The Labute approximate surface area is 117 Å². The van der Waals surface area contributed by atoms with Crippen molar-refractivity contribution in [1.82, 2.24) is 15.3 Å². The molecule has 0 aliphatic carbocycles. The molecule has 98 valence electrons. The van der Waals surface area contributed by atoms with Gasteiger partial charge in [0.05, 0.1) is 6.20 Å². The monoisotopic (exact) mass is 286 g/mol. The van der Waals surface area contributed by atoms with Gasteiger partial charge in [0.15, 0.2) is 5.82 Å². The van der Waals surface area contributed by atoms with Crippen LogP contribution in [0.2, 0.25) is 10.3 Å². The molecule has 0 aromatic carbocycles. The highest BCUT2D eigenvalue weighted by Gasteiger charge is 2.55. The molecule has 0 saturated carbocycles. The summed E-state index contributed by atoms with van der Waals surface area (Å²) in [5.41, 5.74) is 0.515. The molecular weight excluding hydrogens is 271 g/mol. The van der Waals surface area contributed by atoms with Crippen LogP contribution in [0.5, 0.6) is 0 Å². The standard InChI is InChI=1S/C12H16Cl2N4/c1-11-4-15-5-12(11,2)7-18(6-11)9-8(13)3-16-10(14)17-9/h3,15H,4-7H2,1-2H3/t11-,12+. The molecule has 1 N–H and O–H groups in total. The van der Waals surface area contributed by atoms with Crippen LogP contribution in [0.4, 0.5) is 5.82 Å². The number of fused-ring (bicyclic) bond motifs is 1. The first kappa shape index (κ1) is 12.5. The molecule has 2 atom stereocenters. The minimum Gasteiger partial charge on any atom is -0.354 e. The zero-order chi connectivity index (χ0) is 13.0. The van der Waals surface area contributed by atoms with Crippen LogP contribution >= 0.6 is 23.2 Å². The second-order valence-electron chi connectivity index (χ2n) is 5.89. The summed E-state index contributed by atoms with van der Waals surface area (Å²) in [7, 11) is 0. The summed E-state index contributed by atoms with van der Waals surface area (Å²) in [5.74, 6) is 0.758. The van der Waals surface area contributed by atoms with Crippen LogP contribution in [0.1, 0.15) is 13.8 Å². The Morgan fingerprint density at radius 1 is 1.22 bits per heavy atom. The van der Waals surface area contributed by atoms with Crippen LogP contribution in [0, 0.1) is 10.8 Å². The fourth-order valence-corrected chi connectivity index (χ4v) is 3.48. The average Bonchev–Trinajstić information content (AvgIpc) is 2.70. The summed E-state index contributed by atoms with van der Waals surface area (Å²) in [4.78, 5) is 10.4. The van der Waals surface area contributed by atoms with E-state index in [2.05, 4.69) is 34.0 Å². The van der Waals surface area contributed by atoms with Gasteiger partial charge in [0.2, 0.25) is 5.28 Å². The van der Waals surface area contributed by atoms with Gasteiger partial charge in [0.1, 0.15) is 5.02 Å². The van der Waals surface area contributed by atoms with Crippen molar-refractivity contribution in [2.45, 2.75) is 13.8 Å². The fourth-order valence-electron chi connectivity index (χ4n) is 3.14. The van der Waals surface area contributed by atoms with Crippen molar-refractivity contribution in [3.63, 3.8) is 0 Å². The zero-order valence-corrected chi connectivity index (χ0v) is 12.0. The maximum Gasteiger partial charge on any atom is 0.224 e. The van der Waals surface area contributed by atoms with Gasteiger partial charge in [-0.1, -0.05) is 25.4 Å². The van der Waals surface area contributed by atoms with Gasteiger partial charge in [0, 0.05) is 37.0 Å². The third-order valence-corrected chi connectivity index (χ3v) is 5.01. The third kappa shape index (κ3) is 1.70. The van der Waals surface area contributed by atoms with E-state index in [1.54, 1.807) is 6.20 Å². The minimum absolute atomic E-state index is 0.250. The van der Waals surface area contributed by atoms with E-state index in [1.807, 2.05) is 0 Å². The second-order valence-corrected chi connectivity index (χ2v) is 6.64. The van der Waals surface area contributed by atoms with E-state index in [0.29, 0.717) is 5.02 Å². The number of hydrogen-bond acceptors (Lipinski definition) is 4. The normalized spacial score (nSPS) is 35.0. The van der Waals surface area contributed by atoms with Gasteiger partial charge in [-0.25, -0.2) is 4.98 Å². The average molecular weight is 287 g/mol. The Morgan fingerprint density at radius 3 is 2.44 bits per heavy atom. The van der Waals surface area contributed by atoms with E-state index < -0.39 is 0 Å². The molecule has 0 spiro atoms. The Morgan fingerprint density at radius 2 is 1.83 bits per heavy atom. The van der Waals surface area contributed by atoms with E-state index in [0.717, 1.165) is 32.0 Å². The fraction of sp³-hybridized carbons (Fsp3) is 0.667. The molecule has 2 fully saturated rings. The molecule has 18 heavy (non-hydrogen) atoms. The second kappa shape index (κ2) is 3.95. The van der Waals surface area contributed by atoms with Crippen molar-refractivity contribution in [3.05, 3.63) is 16.5 Å². The smallest absolute Gasteiger partial charge is 0.224 e. The van der Waals surface area contributed by atoms with Crippen molar-refractivity contribution >= 4 is 29.0 Å². The molecule has 1 aromatic heterocycles. The predicted molar refractivity (Wildman–Crippen MR) is 73.3 cm³/mol. The number of anilines is 1. The lowest BCUT2D eigenvalue weighted by Gasteiger charge is -2.30. The van der Waals surface area contributed by atoms with Gasteiger partial charge < -0.3 is 10.2 Å². The number of halogens is 2. The molecule has 0 radical (unpaired) electrons. The Bertz CT molecular complexity index is 477. The molecule has 1 aromatic rings. The first-order chi connectivity index (χ1) is 8.44. The van der Waals surface area contributed by atoms with E-state index in [9.17, 15) is 0 Å². The SMILES string of the molecule is C[C@@]12CNC[C@]1(C)CN(c1nc(Cl)ncc1Cl)C2. The molecule has 0 bridgehead atoms. The van der Waals surface area contributed by atoms with Gasteiger partial charge >= 0.3 is 0 Å². The first-order valence-electron chi connectivity index (χ1n) is 6.07. The van der Waals surface area contributed by atoms with E-state index in [4.69, 9.17) is 23.2 Å². The molecule has 0 unspecified atom stereocenters. The largest absolute Gasteiger partial charge is 0.354 e. The lowest BCUT2D eigenvalue weighted by Crippen LogP contribution is -2.34. The first-order valence-corrected chi connectivity index (χ1v) is 6.83. The molecule has 6 heteroatoms. The lowest BCUT2D eigenvalue weighted by molar-refractivity contribution is 0.212. The number of rotatable bonds is 1. The highest BCUT2D eigenvalue weighted by Crippen LogP contribution is 2.49. The molecule has 2 saturated heterocycles. The summed E-state index contributed by atoms with van der Waals surface area (Å²) >= 11 is 12.0. The van der Waals surface area contributed by atoms with Crippen LogP contribution in [0.25, 0.3) is 0 Å². The highest BCUT2D eigenvalue weighted by molar-refractivity contribution is 6.33. The molecule has 2 aliphatic heterocycles. The zero-order valence-electron chi connectivity index (χ0n) is 10.5. The number of aromatic nitrogens is 2. The van der Waals surface area contributed by atoms with Crippen molar-refractivity contribution in [1.29, 1.82) is 0 Å². The third-order valence-electron chi connectivity index (χ3n) is 4.56. The summed E-state index contributed by atoms with van der Waals surface area (Å²) < 4.78 is 0. The maximum absolute atomic E-state index is 6.18. The molecule has 2 aliphatic rings. The lowest BCUT2D eigenvalue weighted by atomic mass is 9.71. The number of nitrogens with zero attached hydrogens (tertiary/aromatic N) is 3. The van der Waals surface area contributed by atoms with Crippen LogP contribution in [0.3, 0.4) is 0 Å². The van der Waals surface area contributed by atoms with Crippen molar-refractivity contribution in [3.8, 4) is 0 Å². The topological polar surface area (TPSA) is 41.0 Å². The van der Waals surface area contributed by atoms with Gasteiger partial charge in [-0.2, -0.15) is 4.98 Å².